The molecule has 0 saturated heterocycles. The van der Waals surface area contributed by atoms with Crippen molar-refractivity contribution in [1.82, 2.24) is 4.90 Å². The molecule has 0 aliphatic carbocycles. The molecule has 0 fully saturated rings. The van der Waals surface area contributed by atoms with Gasteiger partial charge in [-0.15, -0.1) is 0 Å². The summed E-state index contributed by atoms with van der Waals surface area (Å²) in [6, 6.07) is 15.4. The van der Waals surface area contributed by atoms with Crippen LogP contribution in [0.4, 0.5) is 23.2 Å². The van der Waals surface area contributed by atoms with Gasteiger partial charge in [-0.2, -0.15) is 13.2 Å². The Morgan fingerprint density at radius 3 is 2.15 bits per heavy atom. The predicted molar refractivity (Wildman–Crippen MR) is 115 cm³/mol. The number of carbonyl (C=O) groups is 1. The molecular weight excluding hydrogens is 460 g/mol. The molecule has 174 valence electrons. The topological polar surface area (TPSA) is 66.5 Å². The molecule has 5 nitrogen and oxygen atoms in total. The third-order valence-electron chi connectivity index (χ3n) is 4.84. The second-order valence-electron chi connectivity index (χ2n) is 7.34. The maximum atomic E-state index is 13.2. The Hall–Kier alpha value is -3.40. The number of amides is 1. The van der Waals surface area contributed by atoms with Gasteiger partial charge in [0.2, 0.25) is 5.91 Å². The zero-order valence-corrected chi connectivity index (χ0v) is 18.3. The Bertz CT molecular complexity index is 1230. The van der Waals surface area contributed by atoms with Crippen LogP contribution in [0.5, 0.6) is 0 Å². The van der Waals surface area contributed by atoms with Crippen molar-refractivity contribution in [2.75, 3.05) is 11.8 Å². The fourth-order valence-electron chi connectivity index (χ4n) is 3.11. The highest BCUT2D eigenvalue weighted by atomic mass is 32.2. The van der Waals surface area contributed by atoms with Crippen molar-refractivity contribution in [1.29, 1.82) is 0 Å². The van der Waals surface area contributed by atoms with Crippen molar-refractivity contribution in [3.63, 3.8) is 0 Å². The highest BCUT2D eigenvalue weighted by molar-refractivity contribution is 7.92. The molecule has 0 bridgehead atoms. The van der Waals surface area contributed by atoms with E-state index in [1.165, 1.54) is 54.4 Å². The summed E-state index contributed by atoms with van der Waals surface area (Å²) in [5, 5.41) is 0. The number of carbonyl (C=O) groups excluding carboxylic acids is 1. The third-order valence-corrected chi connectivity index (χ3v) is 6.24. The standard InChI is InChI=1S/C23H20F4N2O3S/c1-29(15-17-4-2-3-5-21(17)23(25,26)27)22(30)14-16-6-10-19(11-7-16)28-33(31,32)20-12-8-18(24)9-13-20/h2-13,28H,14-15H2,1H3. The number of benzene rings is 3. The Morgan fingerprint density at radius 2 is 1.55 bits per heavy atom. The van der Waals surface area contributed by atoms with Gasteiger partial charge >= 0.3 is 6.18 Å². The number of sulfonamides is 1. The number of nitrogens with one attached hydrogen (secondary N) is 1. The number of alkyl halides is 3. The Balaban J connectivity index is 1.64. The molecule has 3 rings (SSSR count). The van der Waals surface area contributed by atoms with Gasteiger partial charge in [0.1, 0.15) is 5.82 Å². The van der Waals surface area contributed by atoms with Gasteiger partial charge in [-0.05, 0) is 53.6 Å². The quantitative estimate of drug-likeness (QED) is 0.492. The molecular formula is C23H20F4N2O3S. The lowest BCUT2D eigenvalue weighted by molar-refractivity contribution is -0.139. The molecule has 0 aliphatic heterocycles. The zero-order valence-electron chi connectivity index (χ0n) is 17.4. The van der Waals surface area contributed by atoms with Crippen LogP contribution in [-0.2, 0) is 34.0 Å². The molecule has 1 amide bonds. The number of hydrogen-bond donors (Lipinski definition) is 1. The van der Waals surface area contributed by atoms with Crippen LogP contribution in [0.25, 0.3) is 0 Å². The van der Waals surface area contributed by atoms with Crippen LogP contribution in [0, 0.1) is 5.82 Å². The first-order chi connectivity index (χ1) is 15.5. The lowest BCUT2D eigenvalue weighted by atomic mass is 10.1. The summed E-state index contributed by atoms with van der Waals surface area (Å²) in [5.41, 5.74) is -0.00231. The van der Waals surface area contributed by atoms with Crippen LogP contribution in [-0.4, -0.2) is 26.3 Å². The molecule has 0 aromatic heterocycles. The summed E-state index contributed by atoms with van der Waals surface area (Å²) in [7, 11) is -2.50. The molecule has 0 radical (unpaired) electrons. The van der Waals surface area contributed by atoms with Crippen molar-refractivity contribution in [2.45, 2.75) is 24.0 Å². The summed E-state index contributed by atoms with van der Waals surface area (Å²) in [6.45, 7) is -0.204. The maximum Gasteiger partial charge on any atom is 0.416 e. The van der Waals surface area contributed by atoms with E-state index in [1.807, 2.05) is 0 Å². The molecule has 0 saturated carbocycles. The Labute approximate surface area is 188 Å². The van der Waals surface area contributed by atoms with Crippen molar-refractivity contribution in [3.05, 3.63) is 95.3 Å². The van der Waals surface area contributed by atoms with E-state index in [1.54, 1.807) is 0 Å². The second kappa shape index (κ2) is 9.62. The molecule has 0 spiro atoms. The average Bonchev–Trinajstić information content (AvgIpc) is 2.75. The molecule has 33 heavy (non-hydrogen) atoms. The average molecular weight is 480 g/mol. The van der Waals surface area contributed by atoms with Crippen LogP contribution in [0.1, 0.15) is 16.7 Å². The van der Waals surface area contributed by atoms with E-state index in [0.29, 0.717) is 5.56 Å². The Morgan fingerprint density at radius 1 is 0.939 bits per heavy atom. The normalized spacial score (nSPS) is 11.8. The summed E-state index contributed by atoms with van der Waals surface area (Å²) in [4.78, 5) is 13.6. The lowest BCUT2D eigenvalue weighted by Gasteiger charge is -2.20. The first-order valence-corrected chi connectivity index (χ1v) is 11.2. The number of nitrogens with zero attached hydrogens (tertiary/aromatic N) is 1. The van der Waals surface area contributed by atoms with E-state index in [4.69, 9.17) is 0 Å². The SMILES string of the molecule is CN(Cc1ccccc1C(F)(F)F)C(=O)Cc1ccc(NS(=O)(=O)c2ccc(F)cc2)cc1. The molecule has 0 heterocycles. The third kappa shape index (κ3) is 6.32. The van der Waals surface area contributed by atoms with E-state index in [2.05, 4.69) is 4.72 Å². The number of likely N-dealkylation sites (N-methyl/N-ethyl adjacent to an activating group) is 1. The highest BCUT2D eigenvalue weighted by Gasteiger charge is 2.33. The first-order valence-electron chi connectivity index (χ1n) is 9.72. The van der Waals surface area contributed by atoms with E-state index >= 15 is 0 Å². The molecule has 10 heteroatoms. The summed E-state index contributed by atoms with van der Waals surface area (Å²) >= 11 is 0. The van der Waals surface area contributed by atoms with Crippen molar-refractivity contribution < 1.29 is 30.8 Å². The van der Waals surface area contributed by atoms with Gasteiger partial charge in [0.05, 0.1) is 16.9 Å². The predicted octanol–water partition coefficient (Wildman–Crippen LogP) is 4.85. The minimum atomic E-state index is -4.52. The Kier molecular flexibility index (Phi) is 7.06. The van der Waals surface area contributed by atoms with E-state index in [-0.39, 0.29) is 29.1 Å². The van der Waals surface area contributed by atoms with Gasteiger partial charge < -0.3 is 4.90 Å². The van der Waals surface area contributed by atoms with Crippen LogP contribution < -0.4 is 4.72 Å². The minimum absolute atomic E-state index is 0.00797. The van der Waals surface area contributed by atoms with Crippen LogP contribution >= 0.6 is 0 Å². The van der Waals surface area contributed by atoms with Gasteiger partial charge in [-0.1, -0.05) is 30.3 Å². The van der Waals surface area contributed by atoms with Crippen LogP contribution in [0.15, 0.2) is 77.7 Å². The van der Waals surface area contributed by atoms with Gasteiger partial charge in [-0.25, -0.2) is 12.8 Å². The number of anilines is 1. The monoisotopic (exact) mass is 480 g/mol. The highest BCUT2D eigenvalue weighted by Crippen LogP contribution is 2.32. The summed E-state index contributed by atoms with van der Waals surface area (Å²) in [6.07, 6.45) is -4.59. The zero-order chi connectivity index (χ0) is 24.2. The van der Waals surface area contributed by atoms with Gasteiger partial charge in [0.15, 0.2) is 0 Å². The first kappa shape index (κ1) is 24.2. The summed E-state index contributed by atoms with van der Waals surface area (Å²) < 4.78 is 79.6. The maximum absolute atomic E-state index is 13.2. The molecule has 3 aromatic carbocycles. The minimum Gasteiger partial charge on any atom is -0.341 e. The number of hydrogen-bond acceptors (Lipinski definition) is 3. The lowest BCUT2D eigenvalue weighted by Crippen LogP contribution is -2.28. The van der Waals surface area contributed by atoms with Crippen LogP contribution in [0.2, 0.25) is 0 Å². The summed E-state index contributed by atoms with van der Waals surface area (Å²) in [5.74, 6) is -0.957. The molecule has 3 aromatic rings. The molecule has 0 unspecified atom stereocenters. The van der Waals surface area contributed by atoms with Crippen molar-refractivity contribution in [2.24, 2.45) is 0 Å². The van der Waals surface area contributed by atoms with E-state index in [0.717, 1.165) is 30.3 Å². The number of halogens is 4. The van der Waals surface area contributed by atoms with Crippen molar-refractivity contribution in [3.8, 4) is 0 Å². The van der Waals surface area contributed by atoms with Crippen molar-refractivity contribution >= 4 is 21.6 Å². The largest absolute Gasteiger partial charge is 0.416 e. The molecule has 0 aliphatic rings. The molecule has 1 N–H and O–H groups in total. The fraction of sp³-hybridized carbons (Fsp3) is 0.174. The van der Waals surface area contributed by atoms with Gasteiger partial charge in [0.25, 0.3) is 10.0 Å². The van der Waals surface area contributed by atoms with Crippen LogP contribution in [0.3, 0.4) is 0 Å². The molecule has 0 atom stereocenters. The van der Waals surface area contributed by atoms with E-state index in [9.17, 15) is 30.8 Å². The van der Waals surface area contributed by atoms with Gasteiger partial charge in [0, 0.05) is 19.3 Å². The second-order valence-corrected chi connectivity index (χ2v) is 9.02. The van der Waals surface area contributed by atoms with E-state index < -0.39 is 33.5 Å². The number of rotatable bonds is 7. The van der Waals surface area contributed by atoms with Gasteiger partial charge in [-0.3, -0.25) is 9.52 Å². The fourth-order valence-corrected chi connectivity index (χ4v) is 4.17. The smallest absolute Gasteiger partial charge is 0.341 e.